The van der Waals surface area contributed by atoms with Crippen LogP contribution in [0.1, 0.15) is 36.8 Å². The number of amides is 1. The molecule has 2 aliphatic rings. The Balaban J connectivity index is 1.69. The highest BCUT2D eigenvalue weighted by Crippen LogP contribution is 2.35. The van der Waals surface area contributed by atoms with E-state index in [4.69, 9.17) is 5.73 Å². The summed E-state index contributed by atoms with van der Waals surface area (Å²) < 4.78 is 0. The Morgan fingerprint density at radius 2 is 1.79 bits per heavy atom. The van der Waals surface area contributed by atoms with Gasteiger partial charge >= 0.3 is 0 Å². The Morgan fingerprint density at radius 1 is 1.21 bits per heavy atom. The summed E-state index contributed by atoms with van der Waals surface area (Å²) >= 11 is 0. The van der Waals surface area contributed by atoms with Gasteiger partial charge < -0.3 is 10.6 Å². The van der Waals surface area contributed by atoms with Gasteiger partial charge in [-0.25, -0.2) is 0 Å². The van der Waals surface area contributed by atoms with Crippen molar-refractivity contribution < 1.29 is 4.79 Å². The minimum absolute atomic E-state index is 0.281. The van der Waals surface area contributed by atoms with Crippen LogP contribution in [-0.2, 0) is 11.2 Å². The highest BCUT2D eigenvalue weighted by Gasteiger charge is 2.41. The van der Waals surface area contributed by atoms with Gasteiger partial charge in [0.2, 0.25) is 5.91 Å². The molecule has 3 rings (SSSR count). The lowest BCUT2D eigenvalue weighted by Gasteiger charge is -2.37. The Kier molecular flexibility index (Phi) is 3.31. The first kappa shape index (κ1) is 12.7. The molecule has 3 nitrogen and oxygen atoms in total. The second kappa shape index (κ2) is 4.97. The number of hydrogen-bond donors (Lipinski definition) is 1. The van der Waals surface area contributed by atoms with E-state index >= 15 is 0 Å². The lowest BCUT2D eigenvalue weighted by atomic mass is 9.97. The van der Waals surface area contributed by atoms with Gasteiger partial charge in [0.05, 0.1) is 6.42 Å². The van der Waals surface area contributed by atoms with E-state index < -0.39 is 0 Å². The van der Waals surface area contributed by atoms with Gasteiger partial charge in [0.1, 0.15) is 0 Å². The van der Waals surface area contributed by atoms with E-state index in [1.54, 1.807) is 0 Å². The predicted octanol–water partition coefficient (Wildman–Crippen LogP) is 2.02. The molecule has 1 amide bonds. The normalized spacial score (nSPS) is 29.6. The van der Waals surface area contributed by atoms with Crippen molar-refractivity contribution in [3.8, 4) is 0 Å². The molecule has 102 valence electrons. The molecule has 2 unspecified atom stereocenters. The van der Waals surface area contributed by atoms with Gasteiger partial charge in [0.15, 0.2) is 0 Å². The van der Waals surface area contributed by atoms with Crippen molar-refractivity contribution in [2.75, 3.05) is 0 Å². The van der Waals surface area contributed by atoms with Crippen LogP contribution >= 0.6 is 0 Å². The molecule has 1 aromatic rings. The lowest BCUT2D eigenvalue weighted by Crippen LogP contribution is -2.50. The first-order chi connectivity index (χ1) is 9.13. The van der Waals surface area contributed by atoms with E-state index in [1.807, 2.05) is 0 Å². The summed E-state index contributed by atoms with van der Waals surface area (Å²) in [6.45, 7) is 2.07. The molecule has 0 aliphatic carbocycles. The molecule has 2 heterocycles. The molecule has 0 radical (unpaired) electrons. The Labute approximate surface area is 114 Å². The third kappa shape index (κ3) is 2.52. The van der Waals surface area contributed by atoms with Crippen molar-refractivity contribution in [2.45, 2.75) is 57.2 Å². The van der Waals surface area contributed by atoms with Gasteiger partial charge in [-0.15, -0.1) is 0 Å². The number of benzene rings is 1. The number of nitrogens with zero attached hydrogens (tertiary/aromatic N) is 1. The van der Waals surface area contributed by atoms with Crippen LogP contribution in [0.5, 0.6) is 0 Å². The average molecular weight is 258 g/mol. The number of piperidine rings is 1. The van der Waals surface area contributed by atoms with Crippen LogP contribution in [0.3, 0.4) is 0 Å². The maximum Gasteiger partial charge on any atom is 0.227 e. The maximum absolute atomic E-state index is 12.5. The van der Waals surface area contributed by atoms with E-state index in [0.717, 1.165) is 31.2 Å². The third-order valence-corrected chi connectivity index (χ3v) is 4.53. The van der Waals surface area contributed by atoms with Crippen molar-refractivity contribution in [3.05, 3.63) is 35.4 Å². The molecule has 2 N–H and O–H groups in total. The first-order valence-corrected chi connectivity index (χ1v) is 7.26. The van der Waals surface area contributed by atoms with Gasteiger partial charge in [-0.1, -0.05) is 29.8 Å². The summed E-state index contributed by atoms with van der Waals surface area (Å²) in [4.78, 5) is 14.6. The number of carbonyl (C=O) groups is 1. The van der Waals surface area contributed by atoms with Crippen LogP contribution in [0, 0.1) is 6.92 Å². The van der Waals surface area contributed by atoms with Crippen LogP contribution in [0.4, 0.5) is 0 Å². The fourth-order valence-electron chi connectivity index (χ4n) is 3.60. The van der Waals surface area contributed by atoms with E-state index in [9.17, 15) is 4.79 Å². The Bertz CT molecular complexity index is 454. The van der Waals surface area contributed by atoms with Crippen molar-refractivity contribution in [2.24, 2.45) is 5.73 Å². The zero-order valence-corrected chi connectivity index (χ0v) is 11.5. The zero-order chi connectivity index (χ0) is 13.4. The number of aryl methyl sites for hydroxylation is 1. The van der Waals surface area contributed by atoms with Gasteiger partial charge in [-0.2, -0.15) is 0 Å². The van der Waals surface area contributed by atoms with Gasteiger partial charge in [0, 0.05) is 18.1 Å². The largest absolute Gasteiger partial charge is 0.336 e. The number of carbonyl (C=O) groups excluding carboxylic acids is 1. The average Bonchev–Trinajstić information content (AvgIpc) is 2.65. The predicted molar refractivity (Wildman–Crippen MR) is 75.7 cm³/mol. The smallest absolute Gasteiger partial charge is 0.227 e. The number of fused-ring (bicyclic) bond motifs is 2. The van der Waals surface area contributed by atoms with E-state index in [1.165, 1.54) is 5.56 Å². The van der Waals surface area contributed by atoms with Crippen molar-refractivity contribution >= 4 is 5.91 Å². The van der Waals surface area contributed by atoms with Crippen LogP contribution in [0.25, 0.3) is 0 Å². The molecular weight excluding hydrogens is 236 g/mol. The number of rotatable bonds is 2. The van der Waals surface area contributed by atoms with E-state index in [0.29, 0.717) is 24.5 Å². The quantitative estimate of drug-likeness (QED) is 0.882. The van der Waals surface area contributed by atoms with Crippen molar-refractivity contribution in [1.82, 2.24) is 4.90 Å². The topological polar surface area (TPSA) is 46.3 Å². The van der Waals surface area contributed by atoms with Gasteiger partial charge in [-0.3, -0.25) is 4.79 Å². The summed E-state index contributed by atoms with van der Waals surface area (Å²) in [5.74, 6) is 0.281. The minimum Gasteiger partial charge on any atom is -0.336 e. The third-order valence-electron chi connectivity index (χ3n) is 4.53. The monoisotopic (exact) mass is 258 g/mol. The fraction of sp³-hybridized carbons (Fsp3) is 0.562. The van der Waals surface area contributed by atoms with Crippen LogP contribution in [-0.4, -0.2) is 28.9 Å². The zero-order valence-electron chi connectivity index (χ0n) is 11.5. The molecule has 2 atom stereocenters. The van der Waals surface area contributed by atoms with Gasteiger partial charge in [0.25, 0.3) is 0 Å². The second-order valence-corrected chi connectivity index (χ2v) is 6.08. The minimum atomic E-state index is 0.281. The SMILES string of the molecule is Cc1ccc(CC(=O)N2C3CCC2CC(N)C3)cc1. The summed E-state index contributed by atoms with van der Waals surface area (Å²) in [6, 6.07) is 9.35. The molecular formula is C16H22N2O. The fourth-order valence-corrected chi connectivity index (χ4v) is 3.60. The molecule has 0 aromatic heterocycles. The van der Waals surface area contributed by atoms with Crippen LogP contribution in [0.2, 0.25) is 0 Å². The molecule has 2 aliphatic heterocycles. The van der Waals surface area contributed by atoms with Crippen LogP contribution < -0.4 is 5.73 Å². The van der Waals surface area contributed by atoms with Crippen LogP contribution in [0.15, 0.2) is 24.3 Å². The van der Waals surface area contributed by atoms with E-state index in [-0.39, 0.29) is 5.91 Å². The molecule has 1 aromatic carbocycles. The first-order valence-electron chi connectivity index (χ1n) is 7.26. The maximum atomic E-state index is 12.5. The molecule has 0 spiro atoms. The molecule has 2 bridgehead atoms. The summed E-state index contributed by atoms with van der Waals surface area (Å²) in [6.07, 6.45) is 4.77. The Hall–Kier alpha value is -1.35. The number of hydrogen-bond acceptors (Lipinski definition) is 2. The van der Waals surface area contributed by atoms with Crippen molar-refractivity contribution in [3.63, 3.8) is 0 Å². The summed E-state index contributed by atoms with van der Waals surface area (Å²) in [5.41, 5.74) is 8.40. The molecule has 3 heteroatoms. The van der Waals surface area contributed by atoms with E-state index in [2.05, 4.69) is 36.1 Å². The molecule has 19 heavy (non-hydrogen) atoms. The highest BCUT2D eigenvalue weighted by molar-refractivity contribution is 5.80. The number of nitrogens with two attached hydrogens (primary N) is 1. The molecule has 0 saturated carbocycles. The van der Waals surface area contributed by atoms with Crippen molar-refractivity contribution in [1.29, 1.82) is 0 Å². The lowest BCUT2D eigenvalue weighted by molar-refractivity contribution is -0.135. The standard InChI is InChI=1S/C16H22N2O/c1-11-2-4-12(5-3-11)8-16(19)18-14-6-7-15(18)10-13(17)9-14/h2-5,13-15H,6-10,17H2,1H3. The molecule has 2 fully saturated rings. The Morgan fingerprint density at radius 3 is 2.37 bits per heavy atom. The summed E-state index contributed by atoms with van der Waals surface area (Å²) in [5, 5.41) is 0. The second-order valence-electron chi connectivity index (χ2n) is 6.08. The highest BCUT2D eigenvalue weighted by atomic mass is 16.2. The van der Waals surface area contributed by atoms with Gasteiger partial charge in [-0.05, 0) is 38.2 Å². The molecule has 2 saturated heterocycles. The summed E-state index contributed by atoms with van der Waals surface area (Å²) in [7, 11) is 0.